The molecule has 3 rings (SSSR count). The van der Waals surface area contributed by atoms with Crippen LogP contribution in [0.1, 0.15) is 17.0 Å². The van der Waals surface area contributed by atoms with Crippen LogP contribution in [-0.2, 0) is 19.6 Å². The summed E-state index contributed by atoms with van der Waals surface area (Å²) in [5, 5.41) is 6.62. The van der Waals surface area contributed by atoms with Crippen molar-refractivity contribution in [2.75, 3.05) is 28.4 Å². The molecule has 0 fully saturated rings. The third-order valence-electron chi connectivity index (χ3n) is 4.82. The summed E-state index contributed by atoms with van der Waals surface area (Å²) in [6, 6.07) is 14.1. The fourth-order valence-corrected chi connectivity index (χ4v) is 3.24. The number of aliphatic imine (C=N–C) groups is 1. The first-order valence-electron chi connectivity index (χ1n) is 9.95. The number of nitrogens with one attached hydrogen (secondary N) is 2. The average Bonchev–Trinajstić information content (AvgIpc) is 3.25. The fraction of sp³-hybridized carbons (Fsp3) is 0.304. The van der Waals surface area contributed by atoms with Crippen LogP contribution >= 0.6 is 0 Å². The van der Waals surface area contributed by atoms with Crippen molar-refractivity contribution in [2.24, 2.45) is 4.99 Å². The maximum absolute atomic E-state index is 5.42. The van der Waals surface area contributed by atoms with Gasteiger partial charge in [0, 0.05) is 32.5 Å². The number of hydrogen-bond donors (Lipinski definition) is 2. The third kappa shape index (κ3) is 5.69. The molecule has 0 atom stereocenters. The SMILES string of the molecule is CN=C(NCc1cc(OC)c(OC)c(OC)c1)NCc1nccn1Cc1ccccc1. The maximum atomic E-state index is 5.42. The van der Waals surface area contributed by atoms with E-state index in [-0.39, 0.29) is 0 Å². The van der Waals surface area contributed by atoms with Crippen molar-refractivity contribution in [3.63, 3.8) is 0 Å². The number of aromatic nitrogens is 2. The summed E-state index contributed by atoms with van der Waals surface area (Å²) < 4.78 is 18.3. The normalized spacial score (nSPS) is 11.2. The lowest BCUT2D eigenvalue weighted by molar-refractivity contribution is 0.323. The number of methoxy groups -OCH3 is 3. The van der Waals surface area contributed by atoms with Crippen molar-refractivity contribution in [1.82, 2.24) is 20.2 Å². The van der Waals surface area contributed by atoms with E-state index in [0.29, 0.717) is 36.3 Å². The Labute approximate surface area is 182 Å². The Hall–Kier alpha value is -3.68. The zero-order valence-corrected chi connectivity index (χ0v) is 18.4. The molecule has 3 aromatic rings. The molecule has 2 N–H and O–H groups in total. The van der Waals surface area contributed by atoms with Crippen molar-refractivity contribution in [2.45, 2.75) is 19.6 Å². The van der Waals surface area contributed by atoms with Crippen LogP contribution in [0.15, 0.2) is 59.9 Å². The molecule has 0 saturated heterocycles. The van der Waals surface area contributed by atoms with Gasteiger partial charge in [-0.1, -0.05) is 30.3 Å². The monoisotopic (exact) mass is 423 g/mol. The summed E-state index contributed by atoms with van der Waals surface area (Å²) in [4.78, 5) is 8.78. The van der Waals surface area contributed by atoms with E-state index in [1.54, 1.807) is 28.4 Å². The molecule has 0 spiro atoms. The Bertz CT molecular complexity index is 976. The molecule has 0 bridgehead atoms. The second-order valence-electron chi connectivity index (χ2n) is 6.77. The molecule has 8 heteroatoms. The van der Waals surface area contributed by atoms with E-state index in [1.165, 1.54) is 5.56 Å². The largest absolute Gasteiger partial charge is 0.493 e. The summed E-state index contributed by atoms with van der Waals surface area (Å²) >= 11 is 0. The molecule has 8 nitrogen and oxygen atoms in total. The maximum Gasteiger partial charge on any atom is 0.203 e. The van der Waals surface area contributed by atoms with E-state index in [2.05, 4.69) is 37.3 Å². The van der Waals surface area contributed by atoms with Gasteiger partial charge < -0.3 is 29.4 Å². The van der Waals surface area contributed by atoms with Crippen LogP contribution in [0, 0.1) is 0 Å². The average molecular weight is 424 g/mol. The van der Waals surface area contributed by atoms with Crippen molar-refractivity contribution >= 4 is 5.96 Å². The number of hydrogen-bond acceptors (Lipinski definition) is 5. The quantitative estimate of drug-likeness (QED) is 0.407. The molecule has 0 radical (unpaired) electrons. The van der Waals surface area contributed by atoms with E-state index < -0.39 is 0 Å². The van der Waals surface area contributed by atoms with Gasteiger partial charge in [-0.3, -0.25) is 4.99 Å². The molecular formula is C23H29N5O3. The van der Waals surface area contributed by atoms with Crippen LogP contribution in [0.4, 0.5) is 0 Å². The van der Waals surface area contributed by atoms with Crippen molar-refractivity contribution in [1.29, 1.82) is 0 Å². The predicted molar refractivity (Wildman–Crippen MR) is 121 cm³/mol. The number of benzene rings is 2. The highest BCUT2D eigenvalue weighted by Gasteiger charge is 2.13. The fourth-order valence-electron chi connectivity index (χ4n) is 3.24. The molecule has 0 amide bonds. The zero-order valence-electron chi connectivity index (χ0n) is 18.4. The highest BCUT2D eigenvalue weighted by Crippen LogP contribution is 2.38. The molecule has 31 heavy (non-hydrogen) atoms. The summed E-state index contributed by atoms with van der Waals surface area (Å²) in [7, 11) is 6.53. The molecule has 0 aliphatic rings. The number of rotatable bonds is 9. The molecule has 164 valence electrons. The molecule has 2 aromatic carbocycles. The first-order chi connectivity index (χ1) is 15.2. The van der Waals surface area contributed by atoms with Gasteiger partial charge in [0.1, 0.15) is 5.82 Å². The molecule has 1 aromatic heterocycles. The third-order valence-corrected chi connectivity index (χ3v) is 4.82. The van der Waals surface area contributed by atoms with Gasteiger partial charge in [-0.2, -0.15) is 0 Å². The Morgan fingerprint density at radius 1 is 0.935 bits per heavy atom. The van der Waals surface area contributed by atoms with Gasteiger partial charge in [0.2, 0.25) is 5.75 Å². The number of guanidine groups is 1. The Morgan fingerprint density at radius 2 is 1.61 bits per heavy atom. The van der Waals surface area contributed by atoms with Crippen LogP contribution in [0.25, 0.3) is 0 Å². The Balaban J connectivity index is 1.61. The van der Waals surface area contributed by atoms with E-state index >= 15 is 0 Å². The molecule has 0 aliphatic carbocycles. The number of imidazole rings is 1. The predicted octanol–water partition coefficient (Wildman–Crippen LogP) is 2.82. The molecule has 0 saturated carbocycles. The number of nitrogens with zero attached hydrogens (tertiary/aromatic N) is 3. The zero-order chi connectivity index (χ0) is 22.1. The minimum atomic E-state index is 0.537. The van der Waals surface area contributed by atoms with Crippen molar-refractivity contribution in [3.8, 4) is 17.2 Å². The van der Waals surface area contributed by atoms with Crippen LogP contribution in [0.5, 0.6) is 17.2 Å². The topological polar surface area (TPSA) is 81.9 Å². The first-order valence-corrected chi connectivity index (χ1v) is 9.95. The van der Waals surface area contributed by atoms with Gasteiger partial charge >= 0.3 is 0 Å². The van der Waals surface area contributed by atoms with E-state index in [1.807, 2.05) is 42.7 Å². The standard InChI is InChI=1S/C23H29N5O3/c1-24-23(26-14-18-12-19(29-2)22(31-4)20(13-18)30-3)27-15-21-25-10-11-28(21)16-17-8-6-5-7-9-17/h5-13H,14-16H2,1-4H3,(H2,24,26,27). The lowest BCUT2D eigenvalue weighted by atomic mass is 10.2. The summed E-state index contributed by atoms with van der Waals surface area (Å²) in [6.45, 7) is 1.86. The lowest BCUT2D eigenvalue weighted by Gasteiger charge is -2.16. The van der Waals surface area contributed by atoms with Gasteiger partial charge in [-0.15, -0.1) is 0 Å². The van der Waals surface area contributed by atoms with Crippen LogP contribution < -0.4 is 24.8 Å². The lowest BCUT2D eigenvalue weighted by Crippen LogP contribution is -2.37. The Morgan fingerprint density at radius 3 is 2.23 bits per heavy atom. The van der Waals surface area contributed by atoms with E-state index in [4.69, 9.17) is 14.2 Å². The summed E-state index contributed by atoms with van der Waals surface area (Å²) in [6.07, 6.45) is 3.79. The van der Waals surface area contributed by atoms with E-state index in [0.717, 1.165) is 17.9 Å². The van der Waals surface area contributed by atoms with Crippen LogP contribution in [0.2, 0.25) is 0 Å². The second-order valence-corrected chi connectivity index (χ2v) is 6.77. The van der Waals surface area contributed by atoms with Crippen LogP contribution in [0.3, 0.4) is 0 Å². The highest BCUT2D eigenvalue weighted by atomic mass is 16.5. The van der Waals surface area contributed by atoms with Gasteiger partial charge in [-0.25, -0.2) is 4.98 Å². The highest BCUT2D eigenvalue weighted by molar-refractivity contribution is 5.79. The summed E-state index contributed by atoms with van der Waals surface area (Å²) in [5.74, 6) is 3.40. The minimum Gasteiger partial charge on any atom is -0.493 e. The molecule has 0 aliphatic heterocycles. The molecule has 1 heterocycles. The number of ether oxygens (including phenoxy) is 3. The smallest absolute Gasteiger partial charge is 0.203 e. The van der Waals surface area contributed by atoms with Crippen LogP contribution in [-0.4, -0.2) is 43.9 Å². The van der Waals surface area contributed by atoms with Gasteiger partial charge in [0.15, 0.2) is 17.5 Å². The van der Waals surface area contributed by atoms with Gasteiger partial charge in [-0.05, 0) is 23.3 Å². The minimum absolute atomic E-state index is 0.537. The first kappa shape index (κ1) is 22.0. The van der Waals surface area contributed by atoms with E-state index in [9.17, 15) is 0 Å². The molecule has 0 unspecified atom stereocenters. The van der Waals surface area contributed by atoms with Crippen molar-refractivity contribution in [3.05, 3.63) is 71.8 Å². The Kier molecular flexibility index (Phi) is 7.75. The van der Waals surface area contributed by atoms with Gasteiger partial charge in [0.25, 0.3) is 0 Å². The second kappa shape index (κ2) is 10.9. The summed E-state index contributed by atoms with van der Waals surface area (Å²) in [5.41, 5.74) is 2.20. The molecular weight excluding hydrogens is 394 g/mol. The van der Waals surface area contributed by atoms with Gasteiger partial charge in [0.05, 0.1) is 27.9 Å². The van der Waals surface area contributed by atoms with Crippen molar-refractivity contribution < 1.29 is 14.2 Å².